The van der Waals surface area contributed by atoms with Crippen molar-refractivity contribution in [3.63, 3.8) is 0 Å². The molecule has 24 heavy (non-hydrogen) atoms. The summed E-state index contributed by atoms with van der Waals surface area (Å²) in [5.74, 6) is 0. The van der Waals surface area contributed by atoms with Crippen LogP contribution in [0.15, 0.2) is 29.8 Å². The maximum atomic E-state index is 12.1. The standard InChI is InChI=1S/C16H15N5O2S/c1-17-16(6-7-16)11-2-4-12(5-3-11)21-9-13(23-15(21)22)8-18-14-20-19-10-24-14/h2-5,10,13H,6-9H2,(H,18,20)/t13-/m0/s1. The number of carbonyl (C=O) groups is 1. The number of hydrogen-bond donors (Lipinski definition) is 1. The maximum Gasteiger partial charge on any atom is 0.414 e. The van der Waals surface area contributed by atoms with Crippen molar-refractivity contribution in [2.45, 2.75) is 24.5 Å². The molecule has 4 rings (SSSR count). The van der Waals surface area contributed by atoms with E-state index in [-0.39, 0.29) is 17.7 Å². The highest BCUT2D eigenvalue weighted by molar-refractivity contribution is 7.13. The molecule has 0 spiro atoms. The van der Waals surface area contributed by atoms with Gasteiger partial charge in [-0.2, -0.15) is 0 Å². The number of nitrogens with zero attached hydrogens (tertiary/aromatic N) is 4. The zero-order valence-electron chi connectivity index (χ0n) is 12.8. The second kappa shape index (κ2) is 5.76. The van der Waals surface area contributed by atoms with Crippen LogP contribution >= 0.6 is 11.3 Å². The van der Waals surface area contributed by atoms with Gasteiger partial charge in [0, 0.05) is 24.1 Å². The molecule has 1 aliphatic heterocycles. The summed E-state index contributed by atoms with van der Waals surface area (Å²) in [7, 11) is 0. The number of carbonyl (C=O) groups excluding carboxylic acids is 1. The molecule has 0 bridgehead atoms. The molecule has 122 valence electrons. The first kappa shape index (κ1) is 14.9. The van der Waals surface area contributed by atoms with Crippen molar-refractivity contribution in [2.24, 2.45) is 0 Å². The van der Waals surface area contributed by atoms with Crippen LogP contribution < -0.4 is 10.2 Å². The van der Waals surface area contributed by atoms with Gasteiger partial charge in [-0.3, -0.25) is 4.90 Å². The van der Waals surface area contributed by atoms with Gasteiger partial charge in [0.15, 0.2) is 0 Å². The van der Waals surface area contributed by atoms with Gasteiger partial charge in [-0.15, -0.1) is 10.2 Å². The van der Waals surface area contributed by atoms with Crippen LogP contribution in [0.2, 0.25) is 0 Å². The number of anilines is 2. The van der Waals surface area contributed by atoms with E-state index in [0.29, 0.717) is 18.2 Å². The number of cyclic esters (lactones) is 1. The molecule has 1 amide bonds. The molecule has 0 radical (unpaired) electrons. The van der Waals surface area contributed by atoms with Crippen LogP contribution in [-0.4, -0.2) is 35.5 Å². The summed E-state index contributed by atoms with van der Waals surface area (Å²) in [6.07, 6.45) is 1.25. The van der Waals surface area contributed by atoms with Crippen molar-refractivity contribution in [1.29, 1.82) is 0 Å². The van der Waals surface area contributed by atoms with Crippen LogP contribution in [-0.2, 0) is 10.3 Å². The van der Waals surface area contributed by atoms with Gasteiger partial charge in [0.1, 0.15) is 11.6 Å². The van der Waals surface area contributed by atoms with Crippen molar-refractivity contribution in [3.05, 3.63) is 46.8 Å². The molecule has 0 unspecified atom stereocenters. The highest BCUT2D eigenvalue weighted by Gasteiger charge is 2.52. The molecule has 1 saturated heterocycles. The molecule has 1 aromatic heterocycles. The lowest BCUT2D eigenvalue weighted by atomic mass is 10.1. The molecule has 1 saturated carbocycles. The molecule has 1 aliphatic carbocycles. The van der Waals surface area contributed by atoms with E-state index in [1.54, 1.807) is 10.4 Å². The fourth-order valence-corrected chi connectivity index (χ4v) is 3.28. The number of benzene rings is 1. The second-order valence-corrected chi connectivity index (χ2v) is 6.76. The van der Waals surface area contributed by atoms with Crippen molar-refractivity contribution in [2.75, 3.05) is 23.3 Å². The van der Waals surface area contributed by atoms with Gasteiger partial charge < -0.3 is 14.9 Å². The molecular weight excluding hydrogens is 326 g/mol. The summed E-state index contributed by atoms with van der Waals surface area (Å²) in [6, 6.07) is 7.67. The predicted octanol–water partition coefficient (Wildman–Crippen LogP) is 2.88. The Labute approximate surface area is 143 Å². The Balaban J connectivity index is 1.41. The Morgan fingerprint density at radius 2 is 2.21 bits per heavy atom. The molecule has 8 heteroatoms. The normalized spacial score (nSPS) is 21.2. The molecular formula is C16H15N5O2S. The topological polar surface area (TPSA) is 71.7 Å². The van der Waals surface area contributed by atoms with Gasteiger partial charge in [0.25, 0.3) is 5.54 Å². The fourth-order valence-electron chi connectivity index (χ4n) is 2.82. The van der Waals surface area contributed by atoms with E-state index in [2.05, 4.69) is 20.4 Å². The first-order valence-corrected chi connectivity index (χ1v) is 8.55. The number of nitrogens with one attached hydrogen (secondary N) is 1. The number of rotatable bonds is 5. The summed E-state index contributed by atoms with van der Waals surface area (Å²) in [5.41, 5.74) is 3.15. The van der Waals surface area contributed by atoms with Crippen LogP contribution in [0.5, 0.6) is 0 Å². The van der Waals surface area contributed by atoms with Crippen LogP contribution in [0.1, 0.15) is 18.4 Å². The van der Waals surface area contributed by atoms with E-state index in [1.165, 1.54) is 11.3 Å². The molecule has 2 fully saturated rings. The molecule has 2 aromatic rings. The van der Waals surface area contributed by atoms with Crippen LogP contribution in [0.25, 0.3) is 4.85 Å². The minimum absolute atomic E-state index is 0.237. The Hall–Kier alpha value is -2.66. The average molecular weight is 341 g/mol. The van der Waals surface area contributed by atoms with Crippen LogP contribution in [0.3, 0.4) is 0 Å². The van der Waals surface area contributed by atoms with E-state index in [9.17, 15) is 4.79 Å². The van der Waals surface area contributed by atoms with Gasteiger partial charge in [0.2, 0.25) is 5.13 Å². The largest absolute Gasteiger partial charge is 0.442 e. The third kappa shape index (κ3) is 2.67. The first-order chi connectivity index (χ1) is 11.7. The lowest BCUT2D eigenvalue weighted by Gasteiger charge is -2.14. The number of amides is 1. The average Bonchev–Trinajstić information content (AvgIpc) is 3.06. The lowest BCUT2D eigenvalue weighted by molar-refractivity contribution is 0.147. The summed E-state index contributed by atoms with van der Waals surface area (Å²) >= 11 is 1.40. The summed E-state index contributed by atoms with van der Waals surface area (Å²) in [6.45, 7) is 8.30. The van der Waals surface area contributed by atoms with Gasteiger partial charge in [-0.25, -0.2) is 11.4 Å². The minimum Gasteiger partial charge on any atom is -0.442 e. The smallest absolute Gasteiger partial charge is 0.414 e. The molecule has 1 N–H and O–H groups in total. The number of hydrogen-bond acceptors (Lipinski definition) is 6. The highest BCUT2D eigenvalue weighted by atomic mass is 32.1. The van der Waals surface area contributed by atoms with Crippen LogP contribution in [0, 0.1) is 6.57 Å². The van der Waals surface area contributed by atoms with E-state index >= 15 is 0 Å². The minimum atomic E-state index is -0.349. The second-order valence-electron chi connectivity index (χ2n) is 5.93. The Morgan fingerprint density at radius 1 is 1.42 bits per heavy atom. The van der Waals surface area contributed by atoms with Gasteiger partial charge in [-0.05, 0) is 24.3 Å². The van der Waals surface area contributed by atoms with Crippen LogP contribution in [0.4, 0.5) is 15.6 Å². The fraction of sp³-hybridized carbons (Fsp3) is 0.375. The zero-order chi connectivity index (χ0) is 16.6. The molecule has 1 aromatic carbocycles. The first-order valence-electron chi connectivity index (χ1n) is 7.67. The summed E-state index contributed by atoms with van der Waals surface area (Å²) in [4.78, 5) is 17.4. The molecule has 1 atom stereocenters. The summed E-state index contributed by atoms with van der Waals surface area (Å²) in [5, 5.41) is 11.5. The Kier molecular flexibility index (Phi) is 3.58. The van der Waals surface area contributed by atoms with Gasteiger partial charge in [0.05, 0.1) is 13.1 Å². The maximum absolute atomic E-state index is 12.1. The molecule has 2 aliphatic rings. The van der Waals surface area contributed by atoms with E-state index in [4.69, 9.17) is 11.3 Å². The molecule has 2 heterocycles. The molecule has 7 nitrogen and oxygen atoms in total. The lowest BCUT2D eigenvalue weighted by Crippen LogP contribution is -2.27. The van der Waals surface area contributed by atoms with E-state index in [1.807, 2.05) is 24.3 Å². The SMILES string of the molecule is [C-]#[N+]C1(c2ccc(N3C[C@H](CNc4nncs4)OC3=O)cc2)CC1. The highest BCUT2D eigenvalue weighted by Crippen LogP contribution is 2.49. The van der Waals surface area contributed by atoms with E-state index < -0.39 is 0 Å². The third-order valence-corrected chi connectivity index (χ3v) is 5.02. The zero-order valence-corrected chi connectivity index (χ0v) is 13.6. The van der Waals surface area contributed by atoms with Gasteiger partial charge in [-0.1, -0.05) is 11.3 Å². The number of aromatic nitrogens is 2. The predicted molar refractivity (Wildman–Crippen MR) is 90.0 cm³/mol. The van der Waals surface area contributed by atoms with Gasteiger partial charge >= 0.3 is 6.09 Å². The number of ether oxygens (including phenoxy) is 1. The third-order valence-electron chi connectivity index (χ3n) is 4.37. The van der Waals surface area contributed by atoms with E-state index in [0.717, 1.165) is 24.1 Å². The van der Waals surface area contributed by atoms with Crippen molar-refractivity contribution >= 4 is 28.2 Å². The van der Waals surface area contributed by atoms with Crippen molar-refractivity contribution in [3.8, 4) is 0 Å². The Bertz CT molecular complexity index is 780. The Morgan fingerprint density at radius 3 is 2.83 bits per heavy atom. The summed E-state index contributed by atoms with van der Waals surface area (Å²) < 4.78 is 5.39. The quantitative estimate of drug-likeness (QED) is 0.847. The van der Waals surface area contributed by atoms with Crippen molar-refractivity contribution < 1.29 is 9.53 Å². The monoisotopic (exact) mass is 341 g/mol. The van der Waals surface area contributed by atoms with Crippen molar-refractivity contribution in [1.82, 2.24) is 10.2 Å².